The number of hydrogen-bond donors (Lipinski definition) is 0. The van der Waals surface area contributed by atoms with Crippen molar-refractivity contribution in [3.05, 3.63) is 60.4 Å². The molecule has 21 heavy (non-hydrogen) atoms. The molecule has 0 atom stereocenters. The Morgan fingerprint density at radius 2 is 1.57 bits per heavy atom. The maximum atomic E-state index is 13.7. The molecule has 2 heterocycles. The van der Waals surface area contributed by atoms with Crippen LogP contribution >= 0.6 is 0 Å². The smallest absolute Gasteiger partial charge is 0.283 e. The highest BCUT2D eigenvalue weighted by Crippen LogP contribution is 2.29. The second-order valence-electron chi connectivity index (χ2n) is 4.54. The van der Waals surface area contributed by atoms with Gasteiger partial charge in [0.15, 0.2) is 5.76 Å². The molecule has 5 heteroatoms. The molecular weight excluding hydrogens is 271 g/mol. The SMILES string of the molecule is Fc1ccccc1-c1nnc(-c2cc3ccccc3o2)o1. The molecule has 0 bridgehead atoms. The van der Waals surface area contributed by atoms with Crippen LogP contribution in [0, 0.1) is 5.82 Å². The Kier molecular flexibility index (Phi) is 2.57. The molecule has 102 valence electrons. The van der Waals surface area contributed by atoms with Gasteiger partial charge in [0.2, 0.25) is 0 Å². The third-order valence-corrected chi connectivity index (χ3v) is 3.17. The lowest BCUT2D eigenvalue weighted by Crippen LogP contribution is -1.82. The van der Waals surface area contributed by atoms with Crippen LogP contribution in [0.2, 0.25) is 0 Å². The molecular formula is C16H9FN2O2. The van der Waals surface area contributed by atoms with E-state index in [2.05, 4.69) is 10.2 Å². The number of benzene rings is 2. The first-order valence-electron chi connectivity index (χ1n) is 6.38. The summed E-state index contributed by atoms with van der Waals surface area (Å²) < 4.78 is 24.9. The number of rotatable bonds is 2. The van der Waals surface area contributed by atoms with E-state index in [-0.39, 0.29) is 17.3 Å². The Hall–Kier alpha value is -2.95. The van der Waals surface area contributed by atoms with E-state index in [0.717, 1.165) is 11.0 Å². The maximum absolute atomic E-state index is 13.7. The predicted octanol–water partition coefficient (Wildman–Crippen LogP) is 4.29. The minimum absolute atomic E-state index is 0.128. The number of fused-ring (bicyclic) bond motifs is 1. The first-order chi connectivity index (χ1) is 10.3. The molecule has 4 rings (SSSR count). The van der Waals surface area contributed by atoms with Gasteiger partial charge in [-0.25, -0.2) is 4.39 Å². The molecule has 0 saturated carbocycles. The van der Waals surface area contributed by atoms with Gasteiger partial charge in [-0.05, 0) is 24.3 Å². The van der Waals surface area contributed by atoms with Crippen molar-refractivity contribution in [2.24, 2.45) is 0 Å². The molecule has 0 saturated heterocycles. The molecule has 4 aromatic rings. The highest BCUT2D eigenvalue weighted by Gasteiger charge is 2.16. The molecule has 0 aliphatic heterocycles. The molecule has 0 amide bonds. The molecule has 0 fully saturated rings. The van der Waals surface area contributed by atoms with Gasteiger partial charge < -0.3 is 8.83 Å². The normalized spacial score (nSPS) is 11.1. The molecule has 2 aromatic carbocycles. The van der Waals surface area contributed by atoms with E-state index in [1.807, 2.05) is 30.3 Å². The summed E-state index contributed by atoms with van der Waals surface area (Å²) in [5, 5.41) is 8.74. The van der Waals surface area contributed by atoms with Crippen LogP contribution < -0.4 is 0 Å². The van der Waals surface area contributed by atoms with Gasteiger partial charge in [0.25, 0.3) is 11.8 Å². The zero-order chi connectivity index (χ0) is 14.2. The van der Waals surface area contributed by atoms with Gasteiger partial charge >= 0.3 is 0 Å². The van der Waals surface area contributed by atoms with Gasteiger partial charge in [0.05, 0.1) is 5.56 Å². The van der Waals surface area contributed by atoms with Crippen molar-refractivity contribution < 1.29 is 13.2 Å². The summed E-state index contributed by atoms with van der Waals surface area (Å²) in [6.07, 6.45) is 0. The third-order valence-electron chi connectivity index (χ3n) is 3.17. The van der Waals surface area contributed by atoms with Crippen molar-refractivity contribution in [1.29, 1.82) is 0 Å². The maximum Gasteiger partial charge on any atom is 0.283 e. The quantitative estimate of drug-likeness (QED) is 0.549. The second-order valence-corrected chi connectivity index (χ2v) is 4.54. The van der Waals surface area contributed by atoms with Crippen molar-refractivity contribution in [3.8, 4) is 23.1 Å². The van der Waals surface area contributed by atoms with Crippen molar-refractivity contribution in [2.75, 3.05) is 0 Å². The van der Waals surface area contributed by atoms with Crippen LogP contribution in [0.3, 0.4) is 0 Å². The summed E-state index contributed by atoms with van der Waals surface area (Å²) in [6, 6.07) is 15.6. The minimum atomic E-state index is -0.405. The zero-order valence-electron chi connectivity index (χ0n) is 10.8. The topological polar surface area (TPSA) is 52.1 Å². The second kappa shape index (κ2) is 4.56. The summed E-state index contributed by atoms with van der Waals surface area (Å²) in [5.74, 6) is 0.414. The molecule has 2 aromatic heterocycles. The van der Waals surface area contributed by atoms with Gasteiger partial charge in [-0.15, -0.1) is 10.2 Å². The first-order valence-corrected chi connectivity index (χ1v) is 6.38. The lowest BCUT2D eigenvalue weighted by atomic mass is 10.2. The van der Waals surface area contributed by atoms with Crippen LogP contribution in [0.1, 0.15) is 0 Å². The fraction of sp³-hybridized carbons (Fsp3) is 0. The van der Waals surface area contributed by atoms with Crippen LogP contribution in [-0.2, 0) is 0 Å². The average molecular weight is 280 g/mol. The Labute approximate surface area is 118 Å². The van der Waals surface area contributed by atoms with Crippen LogP contribution in [0.4, 0.5) is 4.39 Å². The van der Waals surface area contributed by atoms with Crippen molar-refractivity contribution >= 4 is 11.0 Å². The summed E-state index contributed by atoms with van der Waals surface area (Å²) in [5.41, 5.74) is 1.01. The van der Waals surface area contributed by atoms with E-state index in [0.29, 0.717) is 5.76 Å². The highest BCUT2D eigenvalue weighted by atomic mass is 19.1. The zero-order valence-corrected chi connectivity index (χ0v) is 10.8. The number of para-hydroxylation sites is 1. The highest BCUT2D eigenvalue weighted by molar-refractivity contribution is 5.81. The van der Waals surface area contributed by atoms with E-state index in [4.69, 9.17) is 8.83 Å². The van der Waals surface area contributed by atoms with Crippen molar-refractivity contribution in [1.82, 2.24) is 10.2 Å². The predicted molar refractivity (Wildman–Crippen MR) is 74.9 cm³/mol. The number of aromatic nitrogens is 2. The van der Waals surface area contributed by atoms with Crippen LogP contribution in [-0.4, -0.2) is 10.2 Å². The molecule has 0 radical (unpaired) electrons. The fourth-order valence-corrected chi connectivity index (χ4v) is 2.15. The molecule has 0 aliphatic rings. The molecule has 4 nitrogen and oxygen atoms in total. The summed E-state index contributed by atoms with van der Waals surface area (Å²) >= 11 is 0. The molecule has 0 N–H and O–H groups in total. The largest absolute Gasteiger partial charge is 0.451 e. The van der Waals surface area contributed by atoms with E-state index < -0.39 is 5.82 Å². The van der Waals surface area contributed by atoms with Gasteiger partial charge in [0, 0.05) is 5.39 Å². The van der Waals surface area contributed by atoms with Gasteiger partial charge in [-0.2, -0.15) is 0 Å². The molecule has 0 unspecified atom stereocenters. The van der Waals surface area contributed by atoms with Crippen molar-refractivity contribution in [2.45, 2.75) is 0 Å². The Balaban J connectivity index is 1.79. The minimum Gasteiger partial charge on any atom is -0.451 e. The monoisotopic (exact) mass is 280 g/mol. The average Bonchev–Trinajstić information content (AvgIpc) is 3.14. The number of hydrogen-bond acceptors (Lipinski definition) is 4. The van der Waals surface area contributed by atoms with Gasteiger partial charge in [-0.3, -0.25) is 0 Å². The molecule has 0 spiro atoms. The number of halogens is 1. The van der Waals surface area contributed by atoms with Crippen LogP contribution in [0.15, 0.2) is 63.4 Å². The van der Waals surface area contributed by atoms with E-state index >= 15 is 0 Å². The standard InChI is InChI=1S/C16H9FN2O2/c17-12-7-3-2-6-11(12)15-18-19-16(21-15)14-9-10-5-1-4-8-13(10)20-14/h1-9H. The Bertz CT molecular complexity index is 894. The summed E-state index contributed by atoms with van der Waals surface area (Å²) in [6.45, 7) is 0. The lowest BCUT2D eigenvalue weighted by molar-refractivity contribution is 0.536. The van der Waals surface area contributed by atoms with Crippen LogP contribution in [0.5, 0.6) is 0 Å². The Morgan fingerprint density at radius 1 is 0.810 bits per heavy atom. The third kappa shape index (κ3) is 1.99. The van der Waals surface area contributed by atoms with E-state index in [1.54, 1.807) is 18.2 Å². The first kappa shape index (κ1) is 11.8. The number of nitrogens with zero attached hydrogens (tertiary/aromatic N) is 2. The van der Waals surface area contributed by atoms with E-state index in [1.165, 1.54) is 6.07 Å². The van der Waals surface area contributed by atoms with Crippen LogP contribution in [0.25, 0.3) is 34.1 Å². The summed E-state index contributed by atoms with van der Waals surface area (Å²) in [7, 11) is 0. The van der Waals surface area contributed by atoms with Gasteiger partial charge in [0.1, 0.15) is 11.4 Å². The number of furan rings is 1. The van der Waals surface area contributed by atoms with Crippen molar-refractivity contribution in [3.63, 3.8) is 0 Å². The fourth-order valence-electron chi connectivity index (χ4n) is 2.15. The van der Waals surface area contributed by atoms with Gasteiger partial charge in [-0.1, -0.05) is 30.3 Å². The lowest BCUT2D eigenvalue weighted by Gasteiger charge is -1.95. The van der Waals surface area contributed by atoms with E-state index in [9.17, 15) is 4.39 Å². The molecule has 0 aliphatic carbocycles. The Morgan fingerprint density at radius 3 is 2.43 bits per heavy atom. The summed E-state index contributed by atoms with van der Waals surface area (Å²) in [4.78, 5) is 0.